The third-order valence-electron chi connectivity index (χ3n) is 4.74. The van der Waals surface area contributed by atoms with Gasteiger partial charge >= 0.3 is 0 Å². The predicted octanol–water partition coefficient (Wildman–Crippen LogP) is 2.40. The molecule has 21 heavy (non-hydrogen) atoms. The van der Waals surface area contributed by atoms with E-state index in [0.29, 0.717) is 23.8 Å². The van der Waals surface area contributed by atoms with Crippen LogP contribution >= 0.6 is 0 Å². The average Bonchev–Trinajstić information content (AvgIpc) is 2.95. The van der Waals surface area contributed by atoms with E-state index in [1.165, 1.54) is 12.8 Å². The molecule has 3 atom stereocenters. The summed E-state index contributed by atoms with van der Waals surface area (Å²) >= 11 is 0. The van der Waals surface area contributed by atoms with Crippen LogP contribution in [-0.4, -0.2) is 43.8 Å². The van der Waals surface area contributed by atoms with Crippen molar-refractivity contribution in [2.24, 2.45) is 0 Å². The number of fused-ring (bicyclic) bond motifs is 1. The Bertz CT molecular complexity index is 523. The Morgan fingerprint density at radius 3 is 2.90 bits per heavy atom. The monoisotopic (exact) mass is 296 g/mol. The summed E-state index contributed by atoms with van der Waals surface area (Å²) in [7, 11) is 1.77. The minimum atomic E-state index is -0.763. The molecule has 2 heterocycles. The maximum absolute atomic E-state index is 14.2. The molecule has 2 saturated heterocycles. The Kier molecular flexibility index (Phi) is 4.24. The fourth-order valence-corrected chi connectivity index (χ4v) is 3.49. The first-order chi connectivity index (χ1) is 10.1. The van der Waals surface area contributed by atoms with Crippen LogP contribution in [0.5, 0.6) is 0 Å². The first kappa shape index (κ1) is 14.9. The van der Waals surface area contributed by atoms with Crippen molar-refractivity contribution in [2.75, 3.05) is 26.7 Å². The Balaban J connectivity index is 1.83. The quantitative estimate of drug-likeness (QED) is 0.927. The summed E-state index contributed by atoms with van der Waals surface area (Å²) in [5.41, 5.74) is 0.679. The molecule has 0 amide bonds. The van der Waals surface area contributed by atoms with E-state index in [1.54, 1.807) is 26.1 Å². The van der Waals surface area contributed by atoms with Gasteiger partial charge < -0.3 is 10.1 Å². The highest BCUT2D eigenvalue weighted by Crippen LogP contribution is 2.30. The topological polar surface area (TPSA) is 24.5 Å². The highest BCUT2D eigenvalue weighted by Gasteiger charge is 2.37. The number of morpholine rings is 1. The molecule has 3 unspecified atom stereocenters. The molecule has 0 saturated carbocycles. The number of nitrogens with one attached hydrogen (secondary N) is 1. The molecule has 0 aliphatic carbocycles. The molecular formula is C16H22F2N2O. The number of rotatable bonds is 3. The van der Waals surface area contributed by atoms with Crippen LogP contribution in [-0.2, 0) is 4.74 Å². The Hall–Kier alpha value is -1.04. The molecule has 1 N–H and O–H groups in total. The molecule has 3 rings (SSSR count). The van der Waals surface area contributed by atoms with E-state index in [1.807, 2.05) is 0 Å². The first-order valence-corrected chi connectivity index (χ1v) is 7.59. The van der Waals surface area contributed by atoms with Gasteiger partial charge in [0.15, 0.2) is 11.6 Å². The van der Waals surface area contributed by atoms with Gasteiger partial charge in [-0.1, -0.05) is 12.1 Å². The zero-order chi connectivity index (χ0) is 15.0. The third kappa shape index (κ3) is 2.70. The molecule has 0 aromatic heterocycles. The lowest BCUT2D eigenvalue weighted by atomic mass is 9.97. The molecule has 3 nitrogen and oxygen atoms in total. The van der Waals surface area contributed by atoms with Crippen LogP contribution in [0.3, 0.4) is 0 Å². The maximum Gasteiger partial charge on any atom is 0.163 e. The lowest BCUT2D eigenvalue weighted by molar-refractivity contribution is -0.0647. The van der Waals surface area contributed by atoms with Gasteiger partial charge in [0.25, 0.3) is 0 Å². The van der Waals surface area contributed by atoms with Crippen molar-refractivity contribution >= 4 is 0 Å². The zero-order valence-corrected chi connectivity index (χ0v) is 12.5. The van der Waals surface area contributed by atoms with Crippen LogP contribution in [0, 0.1) is 18.6 Å². The number of aryl methyl sites for hydroxylation is 1. The smallest absolute Gasteiger partial charge is 0.163 e. The SMILES string of the molecule is CNC(c1ccc(C)c(F)c1F)C1CN2CCCC2CO1. The van der Waals surface area contributed by atoms with Gasteiger partial charge in [-0.2, -0.15) is 0 Å². The van der Waals surface area contributed by atoms with Crippen LogP contribution < -0.4 is 5.32 Å². The van der Waals surface area contributed by atoms with Crippen molar-refractivity contribution in [2.45, 2.75) is 38.0 Å². The summed E-state index contributed by atoms with van der Waals surface area (Å²) in [5.74, 6) is -1.52. The Morgan fingerprint density at radius 2 is 2.14 bits per heavy atom. The number of likely N-dealkylation sites (N-methyl/N-ethyl adjacent to an activating group) is 1. The van der Waals surface area contributed by atoms with Gasteiger partial charge in [0, 0.05) is 18.2 Å². The second-order valence-electron chi connectivity index (χ2n) is 6.03. The highest BCUT2D eigenvalue weighted by molar-refractivity contribution is 5.29. The van der Waals surface area contributed by atoms with Gasteiger partial charge in [-0.3, -0.25) is 4.90 Å². The van der Waals surface area contributed by atoms with E-state index in [-0.39, 0.29) is 12.1 Å². The lowest BCUT2D eigenvalue weighted by Gasteiger charge is -2.39. The number of hydrogen-bond donors (Lipinski definition) is 1. The fourth-order valence-electron chi connectivity index (χ4n) is 3.49. The van der Waals surface area contributed by atoms with E-state index >= 15 is 0 Å². The number of benzene rings is 1. The molecule has 5 heteroatoms. The fraction of sp³-hybridized carbons (Fsp3) is 0.625. The second-order valence-corrected chi connectivity index (χ2v) is 6.03. The largest absolute Gasteiger partial charge is 0.373 e. The zero-order valence-electron chi connectivity index (χ0n) is 12.5. The molecule has 0 bridgehead atoms. The van der Waals surface area contributed by atoms with Crippen molar-refractivity contribution < 1.29 is 13.5 Å². The molecule has 0 radical (unpaired) electrons. The van der Waals surface area contributed by atoms with Crippen molar-refractivity contribution in [3.63, 3.8) is 0 Å². The maximum atomic E-state index is 14.2. The number of ether oxygens (including phenoxy) is 1. The highest BCUT2D eigenvalue weighted by atomic mass is 19.2. The summed E-state index contributed by atoms with van der Waals surface area (Å²) in [6.07, 6.45) is 2.21. The summed E-state index contributed by atoms with van der Waals surface area (Å²) in [5, 5.41) is 3.10. The van der Waals surface area contributed by atoms with Crippen molar-refractivity contribution in [1.82, 2.24) is 10.2 Å². The molecular weight excluding hydrogens is 274 g/mol. The van der Waals surface area contributed by atoms with E-state index in [2.05, 4.69) is 10.2 Å². The van der Waals surface area contributed by atoms with Gasteiger partial charge in [-0.25, -0.2) is 8.78 Å². The molecule has 2 aliphatic heterocycles. The Labute approximate surface area is 124 Å². The molecule has 2 fully saturated rings. The van der Waals surface area contributed by atoms with Crippen molar-refractivity contribution in [3.8, 4) is 0 Å². The average molecular weight is 296 g/mol. The van der Waals surface area contributed by atoms with E-state index in [0.717, 1.165) is 13.1 Å². The summed E-state index contributed by atoms with van der Waals surface area (Å²) in [4.78, 5) is 2.40. The lowest BCUT2D eigenvalue weighted by Crippen LogP contribution is -2.50. The van der Waals surface area contributed by atoms with Crippen LogP contribution in [0.2, 0.25) is 0 Å². The summed E-state index contributed by atoms with van der Waals surface area (Å²) in [6.45, 7) is 4.10. The minimum Gasteiger partial charge on any atom is -0.373 e. The predicted molar refractivity (Wildman–Crippen MR) is 77.2 cm³/mol. The third-order valence-corrected chi connectivity index (χ3v) is 4.74. The van der Waals surface area contributed by atoms with E-state index in [4.69, 9.17) is 4.74 Å². The Morgan fingerprint density at radius 1 is 1.33 bits per heavy atom. The standard InChI is InChI=1S/C16H22F2N2O/c1-10-5-6-12(15(18)14(10)17)16(19-2)13-8-20-7-3-4-11(20)9-21-13/h5-6,11,13,16,19H,3-4,7-9H2,1-2H3. The van der Waals surface area contributed by atoms with Gasteiger partial charge in [0.1, 0.15) is 0 Å². The normalized spacial score (nSPS) is 27.6. The molecule has 1 aromatic rings. The number of hydrogen-bond acceptors (Lipinski definition) is 3. The first-order valence-electron chi connectivity index (χ1n) is 7.59. The van der Waals surface area contributed by atoms with Crippen LogP contribution in [0.1, 0.15) is 30.0 Å². The number of halogens is 2. The van der Waals surface area contributed by atoms with E-state index < -0.39 is 11.6 Å². The second kappa shape index (κ2) is 5.99. The van der Waals surface area contributed by atoms with Crippen LogP contribution in [0.15, 0.2) is 12.1 Å². The minimum absolute atomic E-state index is 0.152. The summed E-state index contributed by atoms with van der Waals surface area (Å²) < 4.78 is 34.0. The molecule has 1 aromatic carbocycles. The van der Waals surface area contributed by atoms with Crippen LogP contribution in [0.25, 0.3) is 0 Å². The molecule has 2 aliphatic rings. The summed E-state index contributed by atoms with van der Waals surface area (Å²) in [6, 6.07) is 3.45. The molecule has 0 spiro atoms. The van der Waals surface area contributed by atoms with Gasteiger partial charge in [0.05, 0.1) is 18.8 Å². The van der Waals surface area contributed by atoms with Gasteiger partial charge in [-0.05, 0) is 38.9 Å². The van der Waals surface area contributed by atoms with Crippen molar-refractivity contribution in [3.05, 3.63) is 34.9 Å². The van der Waals surface area contributed by atoms with Gasteiger partial charge in [-0.15, -0.1) is 0 Å². The van der Waals surface area contributed by atoms with Crippen LogP contribution in [0.4, 0.5) is 8.78 Å². The van der Waals surface area contributed by atoms with Gasteiger partial charge in [0.2, 0.25) is 0 Å². The number of nitrogens with zero attached hydrogens (tertiary/aromatic N) is 1. The van der Waals surface area contributed by atoms with E-state index in [9.17, 15) is 8.78 Å². The van der Waals surface area contributed by atoms with Crippen molar-refractivity contribution in [1.29, 1.82) is 0 Å². The molecule has 116 valence electrons.